The highest BCUT2D eigenvalue weighted by atomic mass is 35.5. The molecule has 0 radical (unpaired) electrons. The Morgan fingerprint density at radius 1 is 1.39 bits per heavy atom. The molecule has 1 aromatic carbocycles. The van der Waals surface area contributed by atoms with Crippen molar-refractivity contribution >= 4 is 23.3 Å². The average Bonchev–Trinajstić information content (AvgIpc) is 2.33. The van der Waals surface area contributed by atoms with Crippen molar-refractivity contribution in [3.8, 4) is 0 Å². The minimum Gasteiger partial charge on any atom is -0.394 e. The van der Waals surface area contributed by atoms with E-state index in [9.17, 15) is 4.79 Å². The van der Waals surface area contributed by atoms with Crippen molar-refractivity contribution in [2.45, 2.75) is 6.42 Å². The first-order valence-electron chi connectivity index (χ1n) is 5.71. The molecule has 0 bridgehead atoms. The Bertz CT molecular complexity index is 374. The summed E-state index contributed by atoms with van der Waals surface area (Å²) in [5.41, 5.74) is 0.650. The average molecular weight is 273 g/mol. The van der Waals surface area contributed by atoms with E-state index in [0.717, 1.165) is 0 Å². The second-order valence-corrected chi connectivity index (χ2v) is 4.02. The normalized spacial score (nSPS) is 10.1. The molecule has 0 aliphatic heterocycles. The third-order valence-electron chi connectivity index (χ3n) is 2.07. The van der Waals surface area contributed by atoms with Gasteiger partial charge in [-0.25, -0.2) is 4.79 Å². The quantitative estimate of drug-likeness (QED) is 0.664. The second-order valence-electron chi connectivity index (χ2n) is 3.58. The Morgan fingerprint density at radius 2 is 2.22 bits per heavy atom. The number of hydrogen-bond donors (Lipinski definition) is 3. The largest absolute Gasteiger partial charge is 0.394 e. The van der Waals surface area contributed by atoms with Gasteiger partial charge in [-0.2, -0.15) is 0 Å². The number of amides is 2. The zero-order valence-electron chi connectivity index (χ0n) is 9.99. The van der Waals surface area contributed by atoms with Gasteiger partial charge >= 0.3 is 6.03 Å². The molecule has 0 aromatic heterocycles. The standard InChI is InChI=1S/C12H17ClN2O3/c13-10-3-1-4-11(9-10)15-12(17)14-5-2-7-18-8-6-16/h1,3-4,9,16H,2,5-8H2,(H2,14,15,17). The number of urea groups is 1. The summed E-state index contributed by atoms with van der Waals surface area (Å²) < 4.78 is 5.06. The third-order valence-corrected chi connectivity index (χ3v) is 2.30. The molecular weight excluding hydrogens is 256 g/mol. The van der Waals surface area contributed by atoms with E-state index in [-0.39, 0.29) is 12.6 Å². The van der Waals surface area contributed by atoms with Gasteiger partial charge in [-0.05, 0) is 24.6 Å². The molecule has 2 amide bonds. The Morgan fingerprint density at radius 3 is 2.94 bits per heavy atom. The fraction of sp³-hybridized carbons (Fsp3) is 0.417. The summed E-state index contributed by atoms with van der Waals surface area (Å²) in [6, 6.07) is 6.66. The molecule has 0 aliphatic carbocycles. The number of aliphatic hydroxyl groups is 1. The van der Waals surface area contributed by atoms with Crippen LogP contribution in [0.3, 0.4) is 0 Å². The maximum atomic E-state index is 11.5. The van der Waals surface area contributed by atoms with E-state index in [2.05, 4.69) is 10.6 Å². The van der Waals surface area contributed by atoms with Crippen LogP contribution in [0, 0.1) is 0 Å². The summed E-state index contributed by atoms with van der Waals surface area (Å²) in [5, 5.41) is 14.4. The van der Waals surface area contributed by atoms with Crippen LogP contribution in [0.15, 0.2) is 24.3 Å². The minimum absolute atomic E-state index is 0.0165. The number of aliphatic hydroxyl groups excluding tert-OH is 1. The number of rotatable bonds is 7. The van der Waals surface area contributed by atoms with Crippen LogP contribution in [0.25, 0.3) is 0 Å². The molecule has 0 unspecified atom stereocenters. The van der Waals surface area contributed by atoms with Crippen molar-refractivity contribution in [3.63, 3.8) is 0 Å². The predicted molar refractivity (Wildman–Crippen MR) is 71.0 cm³/mol. The van der Waals surface area contributed by atoms with E-state index in [1.165, 1.54) is 0 Å². The monoisotopic (exact) mass is 272 g/mol. The third kappa shape index (κ3) is 6.44. The van der Waals surface area contributed by atoms with Crippen LogP contribution in [0.5, 0.6) is 0 Å². The fourth-order valence-electron chi connectivity index (χ4n) is 1.28. The summed E-state index contributed by atoms with van der Waals surface area (Å²) >= 11 is 5.79. The smallest absolute Gasteiger partial charge is 0.319 e. The molecule has 0 atom stereocenters. The van der Waals surface area contributed by atoms with Crippen molar-refractivity contribution in [3.05, 3.63) is 29.3 Å². The summed E-state index contributed by atoms with van der Waals surface area (Å²) in [5.74, 6) is 0. The number of benzene rings is 1. The van der Waals surface area contributed by atoms with Crippen LogP contribution < -0.4 is 10.6 Å². The van der Waals surface area contributed by atoms with E-state index in [0.29, 0.717) is 36.9 Å². The molecule has 18 heavy (non-hydrogen) atoms. The molecule has 0 saturated carbocycles. The summed E-state index contributed by atoms with van der Waals surface area (Å²) in [6.45, 7) is 1.37. The lowest BCUT2D eigenvalue weighted by atomic mass is 10.3. The Kier molecular flexibility index (Phi) is 7.17. The van der Waals surface area contributed by atoms with Gasteiger partial charge in [-0.3, -0.25) is 0 Å². The van der Waals surface area contributed by atoms with Crippen molar-refractivity contribution in [1.82, 2.24) is 5.32 Å². The lowest BCUT2D eigenvalue weighted by molar-refractivity contribution is 0.0910. The Hall–Kier alpha value is -1.30. The molecule has 0 saturated heterocycles. The summed E-state index contributed by atoms with van der Waals surface area (Å²) in [4.78, 5) is 11.5. The van der Waals surface area contributed by atoms with E-state index < -0.39 is 0 Å². The maximum absolute atomic E-state index is 11.5. The van der Waals surface area contributed by atoms with E-state index in [1.807, 2.05) is 0 Å². The molecule has 0 aliphatic rings. The van der Waals surface area contributed by atoms with Gasteiger partial charge in [0.05, 0.1) is 13.2 Å². The number of hydrogen-bond acceptors (Lipinski definition) is 3. The van der Waals surface area contributed by atoms with Crippen LogP contribution in [0.2, 0.25) is 5.02 Å². The first-order valence-corrected chi connectivity index (χ1v) is 6.09. The zero-order chi connectivity index (χ0) is 13.2. The summed E-state index contributed by atoms with van der Waals surface area (Å²) in [7, 11) is 0. The number of carbonyl (C=O) groups excluding carboxylic acids is 1. The number of carbonyl (C=O) groups is 1. The van der Waals surface area contributed by atoms with Crippen molar-refractivity contribution in [1.29, 1.82) is 0 Å². The zero-order valence-corrected chi connectivity index (χ0v) is 10.7. The van der Waals surface area contributed by atoms with Gasteiger partial charge in [0, 0.05) is 23.9 Å². The van der Waals surface area contributed by atoms with Crippen molar-refractivity contribution in [2.75, 3.05) is 31.7 Å². The molecular formula is C12H17ClN2O3. The first kappa shape index (κ1) is 14.8. The number of anilines is 1. The van der Waals surface area contributed by atoms with E-state index >= 15 is 0 Å². The molecule has 1 rings (SSSR count). The minimum atomic E-state index is -0.278. The molecule has 100 valence electrons. The molecule has 0 spiro atoms. The topological polar surface area (TPSA) is 70.6 Å². The van der Waals surface area contributed by atoms with Crippen LogP contribution in [-0.2, 0) is 4.74 Å². The molecule has 0 heterocycles. The van der Waals surface area contributed by atoms with Gasteiger partial charge in [-0.15, -0.1) is 0 Å². The Labute approximate surface area is 111 Å². The fourth-order valence-corrected chi connectivity index (χ4v) is 1.47. The second kappa shape index (κ2) is 8.74. The first-order chi connectivity index (χ1) is 8.72. The van der Waals surface area contributed by atoms with Crippen LogP contribution in [-0.4, -0.2) is 37.5 Å². The SMILES string of the molecule is O=C(NCCCOCCO)Nc1cccc(Cl)c1. The van der Waals surface area contributed by atoms with Crippen molar-refractivity contribution in [2.24, 2.45) is 0 Å². The van der Waals surface area contributed by atoms with E-state index in [1.54, 1.807) is 24.3 Å². The van der Waals surface area contributed by atoms with Gasteiger partial charge in [0.1, 0.15) is 0 Å². The summed E-state index contributed by atoms with van der Waals surface area (Å²) in [6.07, 6.45) is 0.697. The highest BCUT2D eigenvalue weighted by molar-refractivity contribution is 6.30. The van der Waals surface area contributed by atoms with Gasteiger partial charge < -0.3 is 20.5 Å². The number of ether oxygens (including phenoxy) is 1. The number of nitrogens with one attached hydrogen (secondary N) is 2. The Balaban J connectivity index is 2.14. The molecule has 1 aromatic rings. The predicted octanol–water partition coefficient (Wildman–Crippen LogP) is 1.86. The van der Waals surface area contributed by atoms with Gasteiger partial charge in [-0.1, -0.05) is 17.7 Å². The highest BCUT2D eigenvalue weighted by Crippen LogP contribution is 2.14. The lowest BCUT2D eigenvalue weighted by Gasteiger charge is -2.07. The molecule has 5 nitrogen and oxygen atoms in total. The molecule has 0 fully saturated rings. The lowest BCUT2D eigenvalue weighted by Crippen LogP contribution is -2.30. The van der Waals surface area contributed by atoms with Crippen LogP contribution >= 0.6 is 11.6 Å². The molecule has 3 N–H and O–H groups in total. The number of halogens is 1. The highest BCUT2D eigenvalue weighted by Gasteiger charge is 2.00. The van der Waals surface area contributed by atoms with Crippen LogP contribution in [0.1, 0.15) is 6.42 Å². The maximum Gasteiger partial charge on any atom is 0.319 e. The van der Waals surface area contributed by atoms with E-state index in [4.69, 9.17) is 21.4 Å². The van der Waals surface area contributed by atoms with Gasteiger partial charge in [0.2, 0.25) is 0 Å². The molecule has 6 heteroatoms. The van der Waals surface area contributed by atoms with Gasteiger partial charge in [0.15, 0.2) is 0 Å². The van der Waals surface area contributed by atoms with Crippen molar-refractivity contribution < 1.29 is 14.6 Å². The van der Waals surface area contributed by atoms with Crippen LogP contribution in [0.4, 0.5) is 10.5 Å². The van der Waals surface area contributed by atoms with Gasteiger partial charge in [0.25, 0.3) is 0 Å².